The molecule has 15 heavy (non-hydrogen) atoms. The third-order valence-electron chi connectivity index (χ3n) is 1.36. The van der Waals surface area contributed by atoms with E-state index in [1.807, 2.05) is 0 Å². The molecule has 0 aliphatic rings. The average Bonchev–Trinajstić information content (AvgIpc) is 2.09. The van der Waals surface area contributed by atoms with E-state index in [1.165, 1.54) is 6.21 Å². The molecule has 0 saturated heterocycles. The lowest BCUT2D eigenvalue weighted by Gasteiger charge is -1.98. The minimum absolute atomic E-state index is 0. The van der Waals surface area contributed by atoms with Gasteiger partial charge in [0.1, 0.15) is 0 Å². The summed E-state index contributed by atoms with van der Waals surface area (Å²) in [6, 6.07) is 5.14. The van der Waals surface area contributed by atoms with Gasteiger partial charge in [-0.15, -0.1) is 17.5 Å². The summed E-state index contributed by atoms with van der Waals surface area (Å²) in [5.41, 5.74) is 10.7. The normalized spacial score (nSPS) is 9.73. The molecule has 0 heterocycles. The third-order valence-corrected chi connectivity index (χ3v) is 2.02. The van der Waals surface area contributed by atoms with Crippen LogP contribution in [-0.4, -0.2) is 12.2 Å². The van der Waals surface area contributed by atoms with E-state index in [1.54, 1.807) is 18.2 Å². The van der Waals surface area contributed by atoms with Crippen molar-refractivity contribution in [3.63, 3.8) is 0 Å². The SMILES string of the molecule is Cl.NC(N)=N/N=C/c1c(Cl)cccc1Cl. The number of halogens is 3. The van der Waals surface area contributed by atoms with Crippen molar-refractivity contribution >= 4 is 47.8 Å². The fourth-order valence-corrected chi connectivity index (χ4v) is 1.28. The monoisotopic (exact) mass is 266 g/mol. The molecule has 1 aromatic rings. The van der Waals surface area contributed by atoms with Crippen LogP contribution in [0.15, 0.2) is 28.4 Å². The number of hydrogen-bond donors (Lipinski definition) is 2. The highest BCUT2D eigenvalue weighted by molar-refractivity contribution is 6.38. The van der Waals surface area contributed by atoms with Gasteiger partial charge in [-0.1, -0.05) is 29.3 Å². The minimum atomic E-state index is -0.121. The first kappa shape index (κ1) is 14.0. The van der Waals surface area contributed by atoms with Gasteiger partial charge in [0.25, 0.3) is 0 Å². The molecule has 0 atom stereocenters. The molecule has 0 aliphatic carbocycles. The zero-order valence-corrected chi connectivity index (χ0v) is 9.85. The van der Waals surface area contributed by atoms with Gasteiger partial charge in [-0.25, -0.2) is 0 Å². The largest absolute Gasteiger partial charge is 0.369 e. The molecular formula is C8H9Cl3N4. The van der Waals surface area contributed by atoms with Gasteiger partial charge in [-0.3, -0.25) is 0 Å². The molecule has 0 fully saturated rings. The molecule has 0 unspecified atom stereocenters. The zero-order valence-electron chi connectivity index (χ0n) is 7.52. The second-order valence-corrected chi connectivity index (χ2v) is 3.22. The molecule has 0 aromatic heterocycles. The molecule has 0 aliphatic heterocycles. The Balaban J connectivity index is 0.00000196. The predicted molar refractivity (Wildman–Crippen MR) is 67.1 cm³/mol. The van der Waals surface area contributed by atoms with E-state index in [0.29, 0.717) is 15.6 Å². The molecule has 0 bridgehead atoms. The second-order valence-electron chi connectivity index (χ2n) is 2.40. The lowest BCUT2D eigenvalue weighted by Crippen LogP contribution is -2.21. The smallest absolute Gasteiger partial charge is 0.211 e. The third kappa shape index (κ3) is 4.38. The fourth-order valence-electron chi connectivity index (χ4n) is 0.787. The summed E-state index contributed by atoms with van der Waals surface area (Å²) in [5.74, 6) is -0.121. The summed E-state index contributed by atoms with van der Waals surface area (Å²) >= 11 is 11.7. The van der Waals surface area contributed by atoms with E-state index in [2.05, 4.69) is 10.2 Å². The molecule has 0 radical (unpaired) electrons. The first-order valence-electron chi connectivity index (χ1n) is 3.67. The summed E-state index contributed by atoms with van der Waals surface area (Å²) in [6.45, 7) is 0. The number of guanidine groups is 1. The van der Waals surface area contributed by atoms with Crippen LogP contribution in [0.2, 0.25) is 10.0 Å². The molecule has 7 heteroatoms. The number of nitrogens with zero attached hydrogens (tertiary/aromatic N) is 2. The summed E-state index contributed by atoms with van der Waals surface area (Å²) in [6.07, 6.45) is 1.39. The summed E-state index contributed by atoms with van der Waals surface area (Å²) in [7, 11) is 0. The van der Waals surface area contributed by atoms with Crippen LogP contribution in [0.4, 0.5) is 0 Å². The van der Waals surface area contributed by atoms with Gasteiger partial charge in [0.05, 0.1) is 16.3 Å². The van der Waals surface area contributed by atoms with Crippen LogP contribution < -0.4 is 11.5 Å². The number of benzene rings is 1. The Kier molecular flexibility index (Phi) is 6.08. The van der Waals surface area contributed by atoms with Crippen molar-refractivity contribution < 1.29 is 0 Å². The number of rotatable bonds is 2. The van der Waals surface area contributed by atoms with Crippen molar-refractivity contribution in [3.8, 4) is 0 Å². The molecule has 0 amide bonds. The number of nitrogens with two attached hydrogens (primary N) is 2. The van der Waals surface area contributed by atoms with E-state index in [-0.39, 0.29) is 18.4 Å². The van der Waals surface area contributed by atoms with Gasteiger partial charge in [0.2, 0.25) is 5.96 Å². The zero-order chi connectivity index (χ0) is 10.6. The Morgan fingerprint density at radius 1 is 1.20 bits per heavy atom. The Hall–Kier alpha value is -0.970. The highest BCUT2D eigenvalue weighted by Gasteiger charge is 2.01. The Bertz CT molecular complexity index is 365. The maximum Gasteiger partial charge on any atom is 0.211 e. The van der Waals surface area contributed by atoms with Crippen LogP contribution in [0, 0.1) is 0 Å². The highest BCUT2D eigenvalue weighted by atomic mass is 35.5. The van der Waals surface area contributed by atoms with Crippen LogP contribution in [-0.2, 0) is 0 Å². The number of hydrogen-bond acceptors (Lipinski definition) is 2. The average molecular weight is 268 g/mol. The fraction of sp³-hybridized carbons (Fsp3) is 0. The molecule has 4 nitrogen and oxygen atoms in total. The van der Waals surface area contributed by atoms with E-state index in [0.717, 1.165) is 0 Å². The molecule has 1 rings (SSSR count). The van der Waals surface area contributed by atoms with E-state index < -0.39 is 0 Å². The summed E-state index contributed by atoms with van der Waals surface area (Å²) in [4.78, 5) is 0. The quantitative estimate of drug-likeness (QED) is 0.488. The predicted octanol–water partition coefficient (Wildman–Crippen LogP) is 2.02. The van der Waals surface area contributed by atoms with Crippen molar-refractivity contribution in [2.24, 2.45) is 21.7 Å². The second kappa shape index (κ2) is 6.50. The van der Waals surface area contributed by atoms with Gasteiger partial charge in [-0.2, -0.15) is 5.10 Å². The lowest BCUT2D eigenvalue weighted by molar-refractivity contribution is 1.21. The summed E-state index contributed by atoms with van der Waals surface area (Å²) in [5, 5.41) is 8.02. The molecule has 82 valence electrons. The van der Waals surface area contributed by atoms with Crippen molar-refractivity contribution in [3.05, 3.63) is 33.8 Å². The van der Waals surface area contributed by atoms with E-state index in [4.69, 9.17) is 34.7 Å². The Morgan fingerprint density at radius 3 is 2.20 bits per heavy atom. The van der Waals surface area contributed by atoms with Gasteiger partial charge in [0.15, 0.2) is 0 Å². The minimum Gasteiger partial charge on any atom is -0.369 e. The molecular weight excluding hydrogens is 258 g/mol. The first-order chi connectivity index (χ1) is 6.61. The van der Waals surface area contributed by atoms with Crippen molar-refractivity contribution in [1.29, 1.82) is 0 Å². The maximum absolute atomic E-state index is 5.86. The van der Waals surface area contributed by atoms with Crippen molar-refractivity contribution in [2.75, 3.05) is 0 Å². The first-order valence-corrected chi connectivity index (χ1v) is 4.43. The topological polar surface area (TPSA) is 76.8 Å². The van der Waals surface area contributed by atoms with E-state index >= 15 is 0 Å². The van der Waals surface area contributed by atoms with E-state index in [9.17, 15) is 0 Å². The standard InChI is InChI=1S/C8H8Cl2N4.ClH/c9-6-2-1-3-7(10)5(6)4-13-14-8(11)12;/h1-4H,(H4,11,12,14);1H/b13-4+;. The van der Waals surface area contributed by atoms with Crippen LogP contribution in [0.3, 0.4) is 0 Å². The van der Waals surface area contributed by atoms with Crippen LogP contribution in [0.1, 0.15) is 5.56 Å². The summed E-state index contributed by atoms with van der Waals surface area (Å²) < 4.78 is 0. The maximum atomic E-state index is 5.86. The van der Waals surface area contributed by atoms with Crippen LogP contribution >= 0.6 is 35.6 Å². The Morgan fingerprint density at radius 2 is 1.73 bits per heavy atom. The van der Waals surface area contributed by atoms with Crippen LogP contribution in [0.5, 0.6) is 0 Å². The lowest BCUT2D eigenvalue weighted by atomic mass is 10.2. The Labute approximate surface area is 103 Å². The molecule has 0 saturated carbocycles. The molecule has 0 spiro atoms. The highest BCUT2D eigenvalue weighted by Crippen LogP contribution is 2.22. The van der Waals surface area contributed by atoms with Crippen molar-refractivity contribution in [1.82, 2.24) is 0 Å². The van der Waals surface area contributed by atoms with Gasteiger partial charge < -0.3 is 11.5 Å². The van der Waals surface area contributed by atoms with Gasteiger partial charge >= 0.3 is 0 Å². The molecule has 1 aromatic carbocycles. The van der Waals surface area contributed by atoms with Gasteiger partial charge in [0, 0.05) is 5.56 Å². The van der Waals surface area contributed by atoms with Crippen molar-refractivity contribution in [2.45, 2.75) is 0 Å². The van der Waals surface area contributed by atoms with Crippen LogP contribution in [0.25, 0.3) is 0 Å². The van der Waals surface area contributed by atoms with Gasteiger partial charge in [-0.05, 0) is 12.1 Å². The molecule has 4 N–H and O–H groups in total.